The molecule has 0 unspecified atom stereocenters. The van der Waals surface area contributed by atoms with Crippen molar-refractivity contribution in [2.75, 3.05) is 13.2 Å². The standard InChI is InChI=1S/C19H25N5O2/c1-12(2)18-22-19(26-24-18)17(14-5-7-25-8-6-14)20-10-13-3-4-15-11-21-23-16(15)9-13/h3-4,9,11-12,14,17,20H,5-8,10H2,1-2H3,(H,21,23)/t17-/m0/s1. The van der Waals surface area contributed by atoms with E-state index in [0.29, 0.717) is 11.8 Å². The highest BCUT2D eigenvalue weighted by Gasteiger charge is 2.30. The summed E-state index contributed by atoms with van der Waals surface area (Å²) in [6, 6.07) is 6.38. The first-order chi connectivity index (χ1) is 12.7. The van der Waals surface area contributed by atoms with Crippen LogP contribution in [-0.2, 0) is 11.3 Å². The molecule has 26 heavy (non-hydrogen) atoms. The van der Waals surface area contributed by atoms with Crippen molar-refractivity contribution in [3.63, 3.8) is 0 Å². The molecule has 1 aliphatic rings. The van der Waals surface area contributed by atoms with E-state index in [4.69, 9.17) is 9.26 Å². The summed E-state index contributed by atoms with van der Waals surface area (Å²) in [6.07, 6.45) is 3.83. The Bertz CT molecular complexity index is 850. The van der Waals surface area contributed by atoms with E-state index in [1.807, 2.05) is 6.20 Å². The second kappa shape index (κ2) is 7.55. The van der Waals surface area contributed by atoms with Crippen LogP contribution in [0.2, 0.25) is 0 Å². The summed E-state index contributed by atoms with van der Waals surface area (Å²) >= 11 is 0. The van der Waals surface area contributed by atoms with Crippen LogP contribution >= 0.6 is 0 Å². The molecule has 1 fully saturated rings. The molecule has 0 saturated carbocycles. The second-order valence-corrected chi connectivity index (χ2v) is 7.25. The van der Waals surface area contributed by atoms with Crippen molar-refractivity contribution >= 4 is 10.9 Å². The molecule has 3 heterocycles. The van der Waals surface area contributed by atoms with Gasteiger partial charge in [0.1, 0.15) is 0 Å². The number of benzene rings is 1. The summed E-state index contributed by atoms with van der Waals surface area (Å²) in [7, 11) is 0. The van der Waals surface area contributed by atoms with E-state index in [2.05, 4.69) is 57.7 Å². The lowest BCUT2D eigenvalue weighted by Gasteiger charge is -2.28. The van der Waals surface area contributed by atoms with Gasteiger partial charge < -0.3 is 14.6 Å². The van der Waals surface area contributed by atoms with Crippen LogP contribution in [0.1, 0.15) is 55.9 Å². The predicted molar refractivity (Wildman–Crippen MR) is 97.6 cm³/mol. The highest BCUT2D eigenvalue weighted by atomic mass is 16.5. The van der Waals surface area contributed by atoms with Gasteiger partial charge in [-0.25, -0.2) is 0 Å². The van der Waals surface area contributed by atoms with Gasteiger partial charge in [-0.2, -0.15) is 10.1 Å². The van der Waals surface area contributed by atoms with Crippen LogP contribution in [0.15, 0.2) is 28.9 Å². The fourth-order valence-corrected chi connectivity index (χ4v) is 3.43. The fourth-order valence-electron chi connectivity index (χ4n) is 3.43. The van der Waals surface area contributed by atoms with Crippen LogP contribution in [-0.4, -0.2) is 33.6 Å². The van der Waals surface area contributed by atoms with Crippen LogP contribution in [0.25, 0.3) is 10.9 Å². The number of ether oxygens (including phenoxy) is 1. The Morgan fingerprint density at radius 1 is 1.27 bits per heavy atom. The first-order valence-electron chi connectivity index (χ1n) is 9.27. The van der Waals surface area contributed by atoms with E-state index in [1.54, 1.807) is 0 Å². The molecule has 138 valence electrons. The smallest absolute Gasteiger partial charge is 0.244 e. The zero-order chi connectivity index (χ0) is 17.9. The van der Waals surface area contributed by atoms with Crippen molar-refractivity contribution < 1.29 is 9.26 Å². The molecule has 1 atom stereocenters. The van der Waals surface area contributed by atoms with Crippen molar-refractivity contribution in [2.45, 2.75) is 45.2 Å². The maximum absolute atomic E-state index is 5.61. The average Bonchev–Trinajstić information content (AvgIpc) is 3.32. The Balaban J connectivity index is 1.53. The number of nitrogens with one attached hydrogen (secondary N) is 2. The topological polar surface area (TPSA) is 88.9 Å². The molecule has 0 bridgehead atoms. The number of hydrogen-bond donors (Lipinski definition) is 2. The molecule has 1 saturated heterocycles. The summed E-state index contributed by atoms with van der Waals surface area (Å²) in [4.78, 5) is 4.64. The minimum absolute atomic E-state index is 0.0383. The molecule has 0 amide bonds. The molecule has 4 rings (SSSR count). The van der Waals surface area contributed by atoms with E-state index in [9.17, 15) is 0 Å². The lowest BCUT2D eigenvalue weighted by Crippen LogP contribution is -2.32. The molecular formula is C19H25N5O2. The largest absolute Gasteiger partial charge is 0.381 e. The van der Waals surface area contributed by atoms with Gasteiger partial charge in [0.15, 0.2) is 5.82 Å². The van der Waals surface area contributed by atoms with Crippen LogP contribution in [0.4, 0.5) is 0 Å². The first kappa shape index (κ1) is 17.2. The number of aromatic amines is 1. The maximum Gasteiger partial charge on any atom is 0.244 e. The molecule has 7 nitrogen and oxygen atoms in total. The third kappa shape index (κ3) is 3.64. The van der Waals surface area contributed by atoms with Crippen LogP contribution in [0.3, 0.4) is 0 Å². The van der Waals surface area contributed by atoms with Crippen LogP contribution in [0.5, 0.6) is 0 Å². The zero-order valence-electron chi connectivity index (χ0n) is 15.2. The van der Waals surface area contributed by atoms with Gasteiger partial charge in [-0.1, -0.05) is 31.1 Å². The molecule has 0 spiro atoms. The van der Waals surface area contributed by atoms with Crippen molar-refractivity contribution in [3.05, 3.63) is 41.7 Å². The summed E-state index contributed by atoms with van der Waals surface area (Å²) in [5.74, 6) is 2.13. The number of fused-ring (bicyclic) bond motifs is 1. The van der Waals surface area contributed by atoms with Gasteiger partial charge in [0, 0.05) is 31.1 Å². The lowest BCUT2D eigenvalue weighted by molar-refractivity contribution is 0.0485. The van der Waals surface area contributed by atoms with Gasteiger partial charge in [-0.05, 0) is 30.4 Å². The maximum atomic E-state index is 5.61. The first-order valence-corrected chi connectivity index (χ1v) is 9.27. The van der Waals surface area contributed by atoms with Crippen molar-refractivity contribution in [1.82, 2.24) is 25.7 Å². The predicted octanol–water partition coefficient (Wildman–Crippen LogP) is 3.33. The van der Waals surface area contributed by atoms with E-state index in [-0.39, 0.29) is 12.0 Å². The van der Waals surface area contributed by atoms with Crippen molar-refractivity contribution in [3.8, 4) is 0 Å². The summed E-state index contributed by atoms with van der Waals surface area (Å²) in [5.41, 5.74) is 2.24. The number of aromatic nitrogens is 4. The molecule has 3 aromatic rings. The van der Waals surface area contributed by atoms with Gasteiger partial charge in [-0.15, -0.1) is 0 Å². The van der Waals surface area contributed by atoms with Gasteiger partial charge in [0.2, 0.25) is 5.89 Å². The third-order valence-corrected chi connectivity index (χ3v) is 5.01. The Kier molecular flexibility index (Phi) is 4.99. The molecule has 0 radical (unpaired) electrons. The molecular weight excluding hydrogens is 330 g/mol. The number of rotatable bonds is 6. The Hall–Kier alpha value is -2.25. The zero-order valence-corrected chi connectivity index (χ0v) is 15.2. The SMILES string of the molecule is CC(C)c1noc([C@@H](NCc2ccc3cn[nH]c3c2)C2CCOCC2)n1. The van der Waals surface area contributed by atoms with E-state index >= 15 is 0 Å². The van der Waals surface area contributed by atoms with Crippen molar-refractivity contribution in [2.24, 2.45) is 5.92 Å². The Morgan fingerprint density at radius 3 is 2.88 bits per heavy atom. The number of nitrogens with zero attached hydrogens (tertiary/aromatic N) is 3. The Labute approximate surface area is 152 Å². The van der Waals surface area contributed by atoms with E-state index in [1.165, 1.54) is 5.56 Å². The highest BCUT2D eigenvalue weighted by molar-refractivity contribution is 5.78. The minimum Gasteiger partial charge on any atom is -0.381 e. The summed E-state index contributed by atoms with van der Waals surface area (Å²) in [5, 5.41) is 16.0. The molecule has 2 N–H and O–H groups in total. The second-order valence-electron chi connectivity index (χ2n) is 7.25. The van der Waals surface area contributed by atoms with Gasteiger partial charge in [0.05, 0.1) is 17.8 Å². The summed E-state index contributed by atoms with van der Waals surface area (Å²) in [6.45, 7) is 6.45. The van der Waals surface area contributed by atoms with Crippen LogP contribution in [0, 0.1) is 5.92 Å². The monoisotopic (exact) mass is 355 g/mol. The quantitative estimate of drug-likeness (QED) is 0.705. The van der Waals surface area contributed by atoms with Gasteiger partial charge >= 0.3 is 0 Å². The average molecular weight is 355 g/mol. The van der Waals surface area contributed by atoms with E-state index in [0.717, 1.165) is 49.3 Å². The number of H-pyrrole nitrogens is 1. The van der Waals surface area contributed by atoms with Gasteiger partial charge in [0.25, 0.3) is 0 Å². The lowest BCUT2D eigenvalue weighted by atomic mass is 9.91. The molecule has 1 aliphatic heterocycles. The van der Waals surface area contributed by atoms with Gasteiger partial charge in [-0.3, -0.25) is 5.10 Å². The number of hydrogen-bond acceptors (Lipinski definition) is 6. The highest BCUT2D eigenvalue weighted by Crippen LogP contribution is 2.30. The molecule has 1 aromatic carbocycles. The van der Waals surface area contributed by atoms with Crippen molar-refractivity contribution in [1.29, 1.82) is 0 Å². The molecule has 7 heteroatoms. The van der Waals surface area contributed by atoms with Crippen LogP contribution < -0.4 is 5.32 Å². The molecule has 2 aromatic heterocycles. The summed E-state index contributed by atoms with van der Waals surface area (Å²) < 4.78 is 11.1. The minimum atomic E-state index is 0.0383. The fraction of sp³-hybridized carbons (Fsp3) is 0.526. The Morgan fingerprint density at radius 2 is 2.12 bits per heavy atom. The van der Waals surface area contributed by atoms with E-state index < -0.39 is 0 Å². The molecule has 0 aliphatic carbocycles. The third-order valence-electron chi connectivity index (χ3n) is 5.01. The normalized spacial score (nSPS) is 17.2.